The number of hydrogen-bond acceptors (Lipinski definition) is 5. The molecule has 0 N–H and O–H groups in total. The van der Waals surface area contributed by atoms with Gasteiger partial charge in [0.2, 0.25) is 0 Å². The van der Waals surface area contributed by atoms with Crippen LogP contribution in [0, 0.1) is 17.5 Å². The molecule has 0 saturated carbocycles. The van der Waals surface area contributed by atoms with Gasteiger partial charge in [0.1, 0.15) is 5.58 Å². The predicted octanol–water partition coefficient (Wildman–Crippen LogP) is 10.5. The molecular formula is C38H35IrN3OS-2. The average molecular weight is 776 g/mol. The molecule has 0 aliphatic rings. The van der Waals surface area contributed by atoms with Crippen molar-refractivity contribution in [1.82, 2.24) is 15.0 Å². The summed E-state index contributed by atoms with van der Waals surface area (Å²) in [5.41, 5.74) is 5.93. The maximum absolute atomic E-state index is 8.67. The van der Waals surface area contributed by atoms with E-state index in [2.05, 4.69) is 42.9 Å². The van der Waals surface area contributed by atoms with Crippen LogP contribution in [0.5, 0.6) is 0 Å². The van der Waals surface area contributed by atoms with E-state index < -0.39 is 11.8 Å². The van der Waals surface area contributed by atoms with Gasteiger partial charge in [-0.15, -0.1) is 65.4 Å². The summed E-state index contributed by atoms with van der Waals surface area (Å²) in [6, 6.07) is 31.6. The molecule has 7 aromatic rings. The van der Waals surface area contributed by atoms with Crippen molar-refractivity contribution in [3.63, 3.8) is 0 Å². The van der Waals surface area contributed by atoms with Crippen molar-refractivity contribution in [2.45, 2.75) is 53.3 Å². The number of hydrogen-bond donors (Lipinski definition) is 0. The van der Waals surface area contributed by atoms with Crippen molar-refractivity contribution in [3.05, 3.63) is 114 Å². The Balaban J connectivity index is 0.000000269. The van der Waals surface area contributed by atoms with Gasteiger partial charge in [-0.1, -0.05) is 76.3 Å². The normalized spacial score (nSPS) is 12.8. The smallest absolute Gasteiger partial charge is 0.122 e. The van der Waals surface area contributed by atoms with E-state index in [1.807, 2.05) is 93.6 Å². The summed E-state index contributed by atoms with van der Waals surface area (Å²) < 4.78 is 24.8. The molecule has 7 rings (SSSR count). The standard InChI is InChI=1S/C27H27N2OS.C11H8N.Ir/c1-26(2,3)15-16-12-13-28-20(14-16)17-8-7-9-18-22-21(30-23(17)18)11-10-19-24(22)31-25(29-19)27(4,5)6;1-2-6-10(7-3-1)11-8-4-5-9-12-11;/h7,9-14H,15H2,1-6H3;1-6,8-9H;/q2*-1;/i15D2;;. The molecule has 0 fully saturated rings. The van der Waals surface area contributed by atoms with Crippen molar-refractivity contribution in [2.24, 2.45) is 5.41 Å². The van der Waals surface area contributed by atoms with Crippen LogP contribution in [-0.2, 0) is 31.9 Å². The molecule has 4 aromatic heterocycles. The number of rotatable bonds is 3. The Hall–Kier alpha value is -3.70. The first-order chi connectivity index (χ1) is 21.3. The Morgan fingerprint density at radius 2 is 1.64 bits per heavy atom. The van der Waals surface area contributed by atoms with E-state index in [-0.39, 0.29) is 25.5 Å². The van der Waals surface area contributed by atoms with Crippen LogP contribution in [0.1, 0.15) is 54.9 Å². The van der Waals surface area contributed by atoms with Gasteiger partial charge in [-0.2, -0.15) is 0 Å². The van der Waals surface area contributed by atoms with Gasteiger partial charge < -0.3 is 14.4 Å². The van der Waals surface area contributed by atoms with E-state index in [4.69, 9.17) is 12.1 Å². The van der Waals surface area contributed by atoms with Crippen LogP contribution >= 0.6 is 11.3 Å². The molecule has 0 atom stereocenters. The van der Waals surface area contributed by atoms with E-state index in [1.54, 1.807) is 29.8 Å². The second-order valence-electron chi connectivity index (χ2n) is 12.5. The minimum Gasteiger partial charge on any atom is -0.501 e. The fourth-order valence-corrected chi connectivity index (χ4v) is 6.05. The van der Waals surface area contributed by atoms with E-state index in [1.165, 1.54) is 0 Å². The summed E-state index contributed by atoms with van der Waals surface area (Å²) in [6.07, 6.45) is 1.95. The third kappa shape index (κ3) is 6.83. The Kier molecular flexibility index (Phi) is 8.40. The van der Waals surface area contributed by atoms with Gasteiger partial charge >= 0.3 is 0 Å². The zero-order valence-electron chi connectivity index (χ0n) is 27.7. The summed E-state index contributed by atoms with van der Waals surface area (Å²) >= 11 is 1.72. The molecule has 0 amide bonds. The number of nitrogens with zero attached hydrogens (tertiary/aromatic N) is 3. The summed E-state index contributed by atoms with van der Waals surface area (Å²) in [7, 11) is 0. The van der Waals surface area contributed by atoms with Gasteiger partial charge in [0.15, 0.2) is 0 Å². The quantitative estimate of drug-likeness (QED) is 0.168. The molecular weight excluding hydrogens is 739 g/mol. The molecule has 6 heteroatoms. The van der Waals surface area contributed by atoms with Gasteiger partial charge in [-0.25, -0.2) is 4.98 Å². The van der Waals surface area contributed by atoms with E-state index >= 15 is 0 Å². The molecule has 0 bridgehead atoms. The predicted molar refractivity (Wildman–Crippen MR) is 179 cm³/mol. The van der Waals surface area contributed by atoms with Gasteiger partial charge in [0.05, 0.1) is 20.8 Å². The molecule has 0 aliphatic carbocycles. The third-order valence-electron chi connectivity index (χ3n) is 6.78. The van der Waals surface area contributed by atoms with E-state index in [9.17, 15) is 0 Å². The maximum Gasteiger partial charge on any atom is 0.122 e. The molecule has 4 nitrogen and oxygen atoms in total. The zero-order chi connectivity index (χ0) is 32.0. The fourth-order valence-electron chi connectivity index (χ4n) is 4.87. The SMILES string of the molecule is [2H]C([2H])(c1ccnc(-c2[c-]ccc3c2oc2ccc4nc(C(C)(C)C)sc4c23)c1)C(C)(C)C.[Ir].[c-]1ccccc1-c1ccccn1. The Morgan fingerprint density at radius 3 is 2.34 bits per heavy atom. The van der Waals surface area contributed by atoms with Gasteiger partial charge in [-0.05, 0) is 47.4 Å². The van der Waals surface area contributed by atoms with Gasteiger partial charge in [-0.3, -0.25) is 0 Å². The minimum absolute atomic E-state index is 0. The van der Waals surface area contributed by atoms with E-state index in [0.717, 1.165) is 48.4 Å². The maximum atomic E-state index is 8.67. The number of thiazole rings is 1. The topological polar surface area (TPSA) is 51.8 Å². The molecule has 0 aliphatic heterocycles. The van der Waals surface area contributed by atoms with Crippen LogP contribution in [0.2, 0.25) is 0 Å². The molecule has 0 spiro atoms. The molecule has 1 radical (unpaired) electrons. The van der Waals surface area contributed by atoms with Crippen LogP contribution in [0.4, 0.5) is 0 Å². The summed E-state index contributed by atoms with van der Waals surface area (Å²) in [6.45, 7) is 12.3. The van der Waals surface area contributed by atoms with Crippen LogP contribution < -0.4 is 0 Å². The molecule has 225 valence electrons. The molecule has 0 saturated heterocycles. The first-order valence-electron chi connectivity index (χ1n) is 15.4. The van der Waals surface area contributed by atoms with Gasteiger partial charge in [0, 0.05) is 46.0 Å². The molecule has 3 aromatic carbocycles. The van der Waals surface area contributed by atoms with Crippen LogP contribution in [0.15, 0.2) is 95.7 Å². The average Bonchev–Trinajstić information content (AvgIpc) is 3.64. The van der Waals surface area contributed by atoms with Crippen molar-refractivity contribution in [2.75, 3.05) is 0 Å². The summed E-state index contributed by atoms with van der Waals surface area (Å²) in [5.74, 6) is 0. The molecule has 44 heavy (non-hydrogen) atoms. The van der Waals surface area contributed by atoms with Crippen molar-refractivity contribution in [1.29, 1.82) is 0 Å². The minimum atomic E-state index is -1.51. The third-order valence-corrected chi connectivity index (χ3v) is 8.29. The summed E-state index contributed by atoms with van der Waals surface area (Å²) in [5, 5.41) is 3.16. The molecule has 4 heterocycles. The summed E-state index contributed by atoms with van der Waals surface area (Å²) in [4.78, 5) is 13.7. The Morgan fingerprint density at radius 1 is 0.841 bits per heavy atom. The second kappa shape index (κ2) is 12.7. The second-order valence-corrected chi connectivity index (χ2v) is 13.5. The monoisotopic (exact) mass is 776 g/mol. The van der Waals surface area contributed by atoms with Crippen LogP contribution in [0.3, 0.4) is 0 Å². The number of aromatic nitrogens is 3. The van der Waals surface area contributed by atoms with Crippen LogP contribution in [-0.4, -0.2) is 15.0 Å². The number of furan rings is 1. The van der Waals surface area contributed by atoms with E-state index in [0.29, 0.717) is 16.8 Å². The Bertz CT molecular complexity index is 2070. The van der Waals surface area contributed by atoms with Crippen molar-refractivity contribution < 1.29 is 27.3 Å². The van der Waals surface area contributed by atoms with Crippen molar-refractivity contribution in [3.8, 4) is 22.5 Å². The van der Waals surface area contributed by atoms with Gasteiger partial charge in [0.25, 0.3) is 0 Å². The van der Waals surface area contributed by atoms with Crippen molar-refractivity contribution >= 4 is 43.5 Å². The Labute approximate surface area is 279 Å². The molecule has 0 unspecified atom stereocenters. The number of pyridine rings is 2. The first-order valence-corrected chi connectivity index (χ1v) is 15.2. The fraction of sp³-hybridized carbons (Fsp3) is 0.237. The number of benzene rings is 3. The first kappa shape index (κ1) is 29.0. The zero-order valence-corrected chi connectivity index (χ0v) is 28.9. The largest absolute Gasteiger partial charge is 0.501 e. The number of fused-ring (bicyclic) bond motifs is 5. The van der Waals surface area contributed by atoms with Crippen LogP contribution in [0.25, 0.3) is 54.7 Å².